The summed E-state index contributed by atoms with van der Waals surface area (Å²) in [5, 5.41) is 0. The molecule has 1 heterocycles. The fourth-order valence-corrected chi connectivity index (χ4v) is 1.38. The zero-order valence-electron chi connectivity index (χ0n) is 10.4. The van der Waals surface area contributed by atoms with Gasteiger partial charge in [0.2, 0.25) is 0 Å². The Morgan fingerprint density at radius 1 is 0.875 bits per heavy atom. The molecule has 2 atom stereocenters. The number of unbranched alkanes of at least 4 members (excludes halogenated alkanes) is 2. The fraction of sp³-hybridized carbons (Fsp3) is 1.00. The monoisotopic (exact) mass is 232 g/mol. The van der Waals surface area contributed by atoms with Gasteiger partial charge < -0.3 is 18.9 Å². The van der Waals surface area contributed by atoms with E-state index in [0.29, 0.717) is 13.2 Å². The van der Waals surface area contributed by atoms with E-state index in [1.807, 2.05) is 0 Å². The van der Waals surface area contributed by atoms with Crippen LogP contribution >= 0.6 is 0 Å². The minimum absolute atomic E-state index is 0.211. The van der Waals surface area contributed by atoms with E-state index >= 15 is 0 Å². The van der Waals surface area contributed by atoms with Crippen molar-refractivity contribution in [1.29, 1.82) is 0 Å². The lowest BCUT2D eigenvalue weighted by Gasteiger charge is -2.29. The lowest BCUT2D eigenvalue weighted by molar-refractivity contribution is -0.289. The minimum Gasteiger partial charge on any atom is -0.350 e. The van der Waals surface area contributed by atoms with Crippen LogP contribution in [0.5, 0.6) is 0 Å². The summed E-state index contributed by atoms with van der Waals surface area (Å²) in [6.07, 6.45) is 3.98. The molecular formula is C12H24O4. The molecule has 1 aliphatic rings. The molecule has 96 valence electrons. The Labute approximate surface area is 98.2 Å². The summed E-state index contributed by atoms with van der Waals surface area (Å²) >= 11 is 0. The van der Waals surface area contributed by atoms with Crippen molar-refractivity contribution in [3.05, 3.63) is 0 Å². The zero-order chi connectivity index (χ0) is 11.6. The van der Waals surface area contributed by atoms with Crippen molar-refractivity contribution in [2.75, 3.05) is 26.4 Å². The highest BCUT2D eigenvalue weighted by molar-refractivity contribution is 4.54. The van der Waals surface area contributed by atoms with Crippen molar-refractivity contribution in [3.63, 3.8) is 0 Å². The lowest BCUT2D eigenvalue weighted by atomic mass is 10.4. The molecule has 0 amide bonds. The van der Waals surface area contributed by atoms with E-state index in [2.05, 4.69) is 13.8 Å². The van der Waals surface area contributed by atoms with Crippen LogP contribution in [-0.4, -0.2) is 39.0 Å². The molecule has 1 saturated heterocycles. The maximum Gasteiger partial charge on any atom is 0.181 e. The molecule has 0 bridgehead atoms. The molecule has 0 aromatic rings. The van der Waals surface area contributed by atoms with Crippen LogP contribution in [0.25, 0.3) is 0 Å². The first-order valence-corrected chi connectivity index (χ1v) is 6.33. The van der Waals surface area contributed by atoms with Crippen LogP contribution in [-0.2, 0) is 18.9 Å². The van der Waals surface area contributed by atoms with Gasteiger partial charge in [-0.1, -0.05) is 26.7 Å². The zero-order valence-corrected chi connectivity index (χ0v) is 10.4. The third-order valence-corrected chi connectivity index (χ3v) is 2.44. The Morgan fingerprint density at radius 2 is 1.31 bits per heavy atom. The summed E-state index contributed by atoms with van der Waals surface area (Å²) in [4.78, 5) is 0. The third kappa shape index (κ3) is 5.80. The molecule has 0 unspecified atom stereocenters. The number of rotatable bonds is 8. The van der Waals surface area contributed by atoms with E-state index in [9.17, 15) is 0 Å². The first-order chi connectivity index (χ1) is 7.86. The molecule has 1 fully saturated rings. The van der Waals surface area contributed by atoms with Gasteiger partial charge in [-0.15, -0.1) is 0 Å². The van der Waals surface area contributed by atoms with Gasteiger partial charge in [0.1, 0.15) is 13.2 Å². The predicted octanol–water partition coefficient (Wildman–Crippen LogP) is 2.32. The molecule has 16 heavy (non-hydrogen) atoms. The summed E-state index contributed by atoms with van der Waals surface area (Å²) < 4.78 is 22.0. The van der Waals surface area contributed by atoms with E-state index in [0.717, 1.165) is 38.9 Å². The molecule has 4 nitrogen and oxygen atoms in total. The highest BCUT2D eigenvalue weighted by Crippen LogP contribution is 2.10. The molecule has 0 aromatic carbocycles. The van der Waals surface area contributed by atoms with E-state index in [4.69, 9.17) is 18.9 Å². The van der Waals surface area contributed by atoms with E-state index in [1.165, 1.54) is 0 Å². The standard InChI is InChI=1S/C12H24O4/c1-3-5-7-13-11-9-16-12(10-15-11)14-8-6-4-2/h11-12H,3-10H2,1-2H3/t11-,12-/m1/s1. The highest BCUT2D eigenvalue weighted by atomic mass is 16.8. The summed E-state index contributed by atoms with van der Waals surface area (Å²) in [6.45, 7) is 6.71. The van der Waals surface area contributed by atoms with Crippen molar-refractivity contribution in [3.8, 4) is 0 Å². The molecule has 0 aliphatic carbocycles. The maximum absolute atomic E-state index is 5.50. The second-order valence-corrected chi connectivity index (χ2v) is 3.97. The maximum atomic E-state index is 5.50. The molecule has 0 N–H and O–H groups in total. The lowest BCUT2D eigenvalue weighted by Crippen LogP contribution is -2.38. The Balaban J connectivity index is 2.00. The molecule has 0 aromatic heterocycles. The van der Waals surface area contributed by atoms with Gasteiger partial charge in [-0.25, -0.2) is 0 Å². The predicted molar refractivity (Wildman–Crippen MR) is 61.2 cm³/mol. The SMILES string of the molecule is CCCCO[C@H]1CO[C@@H](OCCCC)CO1. The topological polar surface area (TPSA) is 36.9 Å². The highest BCUT2D eigenvalue weighted by Gasteiger charge is 2.22. The summed E-state index contributed by atoms with van der Waals surface area (Å²) in [6, 6.07) is 0. The van der Waals surface area contributed by atoms with Crippen molar-refractivity contribution in [2.24, 2.45) is 0 Å². The van der Waals surface area contributed by atoms with Crippen LogP contribution in [0, 0.1) is 0 Å². The summed E-state index contributed by atoms with van der Waals surface area (Å²) in [7, 11) is 0. The van der Waals surface area contributed by atoms with E-state index in [1.54, 1.807) is 0 Å². The normalized spacial score (nSPS) is 25.9. The fourth-order valence-electron chi connectivity index (χ4n) is 1.38. The molecule has 0 spiro atoms. The smallest absolute Gasteiger partial charge is 0.181 e. The van der Waals surface area contributed by atoms with Gasteiger partial charge in [0.25, 0.3) is 0 Å². The van der Waals surface area contributed by atoms with Gasteiger partial charge in [0, 0.05) is 13.2 Å². The molecule has 4 heteroatoms. The van der Waals surface area contributed by atoms with Crippen LogP contribution < -0.4 is 0 Å². The van der Waals surface area contributed by atoms with Crippen LogP contribution in [0.1, 0.15) is 39.5 Å². The average Bonchev–Trinajstić information content (AvgIpc) is 2.32. The summed E-state index contributed by atoms with van der Waals surface area (Å²) in [5.74, 6) is 0. The van der Waals surface area contributed by atoms with Crippen molar-refractivity contribution < 1.29 is 18.9 Å². The van der Waals surface area contributed by atoms with Crippen molar-refractivity contribution >= 4 is 0 Å². The molecule has 0 radical (unpaired) electrons. The average molecular weight is 232 g/mol. The Bertz CT molecular complexity index is 137. The second kappa shape index (κ2) is 8.93. The molecule has 0 saturated carbocycles. The largest absolute Gasteiger partial charge is 0.350 e. The minimum atomic E-state index is -0.211. The van der Waals surface area contributed by atoms with Crippen LogP contribution in [0.4, 0.5) is 0 Å². The number of hydrogen-bond donors (Lipinski definition) is 0. The van der Waals surface area contributed by atoms with Crippen molar-refractivity contribution in [1.82, 2.24) is 0 Å². The molecular weight excluding hydrogens is 208 g/mol. The first-order valence-electron chi connectivity index (χ1n) is 6.33. The Kier molecular flexibility index (Phi) is 7.76. The van der Waals surface area contributed by atoms with E-state index < -0.39 is 0 Å². The van der Waals surface area contributed by atoms with Gasteiger partial charge in [0.15, 0.2) is 12.6 Å². The number of ether oxygens (including phenoxy) is 4. The molecule has 1 aliphatic heterocycles. The van der Waals surface area contributed by atoms with Gasteiger partial charge in [-0.3, -0.25) is 0 Å². The Morgan fingerprint density at radius 3 is 1.62 bits per heavy atom. The van der Waals surface area contributed by atoms with Crippen molar-refractivity contribution in [2.45, 2.75) is 52.1 Å². The van der Waals surface area contributed by atoms with Crippen LogP contribution in [0.3, 0.4) is 0 Å². The number of hydrogen-bond acceptors (Lipinski definition) is 4. The third-order valence-electron chi connectivity index (χ3n) is 2.44. The quantitative estimate of drug-likeness (QED) is 0.602. The Hall–Kier alpha value is -0.160. The van der Waals surface area contributed by atoms with Gasteiger partial charge in [-0.05, 0) is 12.8 Å². The summed E-state index contributed by atoms with van der Waals surface area (Å²) in [5.41, 5.74) is 0. The van der Waals surface area contributed by atoms with E-state index in [-0.39, 0.29) is 12.6 Å². The van der Waals surface area contributed by atoms with Gasteiger partial charge in [-0.2, -0.15) is 0 Å². The molecule has 1 rings (SSSR count). The second-order valence-electron chi connectivity index (χ2n) is 3.97. The van der Waals surface area contributed by atoms with Crippen LogP contribution in [0.15, 0.2) is 0 Å². The first kappa shape index (κ1) is 13.9. The van der Waals surface area contributed by atoms with Gasteiger partial charge >= 0.3 is 0 Å². The van der Waals surface area contributed by atoms with Crippen LogP contribution in [0.2, 0.25) is 0 Å². The van der Waals surface area contributed by atoms with Gasteiger partial charge in [0.05, 0.1) is 0 Å².